The molecule has 0 amide bonds. The van der Waals surface area contributed by atoms with Gasteiger partial charge in [0.2, 0.25) is 0 Å². The predicted molar refractivity (Wildman–Crippen MR) is 76.8 cm³/mol. The van der Waals surface area contributed by atoms with E-state index in [4.69, 9.17) is 4.99 Å². The molecule has 2 aliphatic rings. The molecule has 0 aromatic carbocycles. The molecule has 2 aliphatic heterocycles. The van der Waals surface area contributed by atoms with Crippen molar-refractivity contribution in [2.75, 3.05) is 25.9 Å². The van der Waals surface area contributed by atoms with E-state index in [-0.39, 0.29) is 0 Å². The van der Waals surface area contributed by atoms with E-state index in [2.05, 4.69) is 31.1 Å². The monoisotopic (exact) mass is 255 g/mol. The molecule has 4 heteroatoms. The highest BCUT2D eigenvalue weighted by atomic mass is 32.2. The summed E-state index contributed by atoms with van der Waals surface area (Å²) in [6, 6.07) is 1.17. The van der Waals surface area contributed by atoms with E-state index in [0.29, 0.717) is 18.0 Å². The molecular formula is C13H25N3S. The van der Waals surface area contributed by atoms with Crippen molar-refractivity contribution in [1.82, 2.24) is 10.2 Å². The fourth-order valence-electron chi connectivity index (χ4n) is 2.42. The summed E-state index contributed by atoms with van der Waals surface area (Å²) in [5.41, 5.74) is 0. The molecule has 1 N–H and O–H groups in total. The van der Waals surface area contributed by atoms with Gasteiger partial charge in [-0.25, -0.2) is 0 Å². The van der Waals surface area contributed by atoms with Gasteiger partial charge < -0.3 is 10.2 Å². The van der Waals surface area contributed by atoms with Crippen LogP contribution in [0, 0.1) is 5.92 Å². The Morgan fingerprint density at radius 3 is 2.65 bits per heavy atom. The van der Waals surface area contributed by atoms with Crippen molar-refractivity contribution in [3.05, 3.63) is 0 Å². The molecule has 0 spiro atoms. The first-order valence-corrected chi connectivity index (χ1v) is 7.79. The Balaban J connectivity index is 1.85. The van der Waals surface area contributed by atoms with Crippen molar-refractivity contribution in [2.45, 2.75) is 45.2 Å². The van der Waals surface area contributed by atoms with E-state index in [1.165, 1.54) is 43.3 Å². The number of nitrogens with one attached hydrogen (secondary N) is 1. The Morgan fingerprint density at radius 1 is 1.29 bits per heavy atom. The molecule has 3 nitrogen and oxygen atoms in total. The third-order valence-electron chi connectivity index (χ3n) is 3.75. The van der Waals surface area contributed by atoms with Crippen LogP contribution in [-0.2, 0) is 0 Å². The average molecular weight is 255 g/mol. The number of hydrogen-bond acceptors (Lipinski definition) is 4. The van der Waals surface area contributed by atoms with E-state index >= 15 is 0 Å². The number of amidine groups is 1. The minimum Gasteiger partial charge on any atom is -0.362 e. The molecule has 2 heterocycles. The second kappa shape index (κ2) is 6.10. The third kappa shape index (κ3) is 3.88. The van der Waals surface area contributed by atoms with E-state index in [0.717, 1.165) is 0 Å². The second-order valence-corrected chi connectivity index (χ2v) is 6.69. The molecule has 17 heavy (non-hydrogen) atoms. The minimum absolute atomic E-state index is 0.532. The molecule has 0 aromatic rings. The maximum atomic E-state index is 4.85. The van der Waals surface area contributed by atoms with E-state index < -0.39 is 0 Å². The number of hydrogen-bond donors (Lipinski definition) is 1. The summed E-state index contributed by atoms with van der Waals surface area (Å²) < 4.78 is 0. The van der Waals surface area contributed by atoms with Crippen LogP contribution in [0.15, 0.2) is 4.99 Å². The maximum absolute atomic E-state index is 4.85. The zero-order valence-corrected chi connectivity index (χ0v) is 12.1. The summed E-state index contributed by atoms with van der Waals surface area (Å²) in [6.07, 6.45) is 3.74. The lowest BCUT2D eigenvalue weighted by atomic mass is 10.0. The smallest absolute Gasteiger partial charge is 0.157 e. The fraction of sp³-hybridized carbons (Fsp3) is 0.923. The summed E-state index contributed by atoms with van der Waals surface area (Å²) in [7, 11) is 2.21. The van der Waals surface area contributed by atoms with Gasteiger partial charge in [-0.15, -0.1) is 0 Å². The molecule has 0 radical (unpaired) electrons. The first-order chi connectivity index (χ1) is 8.15. The van der Waals surface area contributed by atoms with Crippen molar-refractivity contribution in [1.29, 1.82) is 0 Å². The number of piperidine rings is 1. The van der Waals surface area contributed by atoms with Gasteiger partial charge in [-0.05, 0) is 45.3 Å². The van der Waals surface area contributed by atoms with Gasteiger partial charge in [0.15, 0.2) is 5.17 Å². The first-order valence-electron chi connectivity index (χ1n) is 6.81. The molecule has 1 fully saturated rings. The number of nitrogens with zero attached hydrogens (tertiary/aromatic N) is 2. The van der Waals surface area contributed by atoms with Gasteiger partial charge in [0, 0.05) is 11.8 Å². The van der Waals surface area contributed by atoms with Crippen LogP contribution in [0.1, 0.15) is 33.1 Å². The van der Waals surface area contributed by atoms with Gasteiger partial charge in [0.05, 0.1) is 6.04 Å². The SMILES string of the molecule is CC(C)C1CCSC(NC2CCN(C)CC2)=N1. The van der Waals surface area contributed by atoms with Crippen LogP contribution in [0.25, 0.3) is 0 Å². The Hall–Kier alpha value is -0.220. The summed E-state index contributed by atoms with van der Waals surface area (Å²) in [5, 5.41) is 4.85. The highest BCUT2D eigenvalue weighted by Crippen LogP contribution is 2.22. The normalized spacial score (nSPS) is 28.2. The standard InChI is InChI=1S/C13H25N3S/c1-10(2)12-6-9-17-13(15-12)14-11-4-7-16(3)8-5-11/h10-12H,4-9H2,1-3H3,(H,14,15). The van der Waals surface area contributed by atoms with Gasteiger partial charge in [0.1, 0.15) is 0 Å². The number of rotatable bonds is 2. The van der Waals surface area contributed by atoms with Crippen LogP contribution in [0.4, 0.5) is 0 Å². The van der Waals surface area contributed by atoms with Gasteiger partial charge in [-0.3, -0.25) is 4.99 Å². The van der Waals surface area contributed by atoms with Crippen LogP contribution in [-0.4, -0.2) is 48.0 Å². The Bertz CT molecular complexity index is 270. The summed E-state index contributed by atoms with van der Waals surface area (Å²) in [6.45, 7) is 6.97. The van der Waals surface area contributed by atoms with Gasteiger partial charge >= 0.3 is 0 Å². The van der Waals surface area contributed by atoms with Gasteiger partial charge in [0.25, 0.3) is 0 Å². The Labute approximate surface area is 109 Å². The van der Waals surface area contributed by atoms with Crippen LogP contribution in [0.2, 0.25) is 0 Å². The van der Waals surface area contributed by atoms with E-state index in [9.17, 15) is 0 Å². The second-order valence-electron chi connectivity index (χ2n) is 5.60. The molecule has 2 rings (SSSR count). The van der Waals surface area contributed by atoms with Crippen LogP contribution < -0.4 is 5.32 Å². The number of likely N-dealkylation sites (tertiary alicyclic amines) is 1. The van der Waals surface area contributed by atoms with E-state index in [1.807, 2.05) is 11.8 Å². The Kier molecular flexibility index (Phi) is 4.74. The van der Waals surface area contributed by atoms with Gasteiger partial charge in [-0.1, -0.05) is 25.6 Å². The van der Waals surface area contributed by atoms with Crippen LogP contribution in [0.5, 0.6) is 0 Å². The van der Waals surface area contributed by atoms with Crippen molar-refractivity contribution in [3.63, 3.8) is 0 Å². The van der Waals surface area contributed by atoms with E-state index in [1.54, 1.807) is 0 Å². The molecule has 0 aliphatic carbocycles. The number of thioether (sulfide) groups is 1. The Morgan fingerprint density at radius 2 is 2.00 bits per heavy atom. The lowest BCUT2D eigenvalue weighted by molar-refractivity contribution is 0.247. The molecule has 0 aromatic heterocycles. The lowest BCUT2D eigenvalue weighted by Crippen LogP contribution is -2.43. The van der Waals surface area contributed by atoms with Crippen molar-refractivity contribution in [3.8, 4) is 0 Å². The largest absolute Gasteiger partial charge is 0.362 e. The zero-order chi connectivity index (χ0) is 12.3. The van der Waals surface area contributed by atoms with Gasteiger partial charge in [-0.2, -0.15) is 0 Å². The molecular weight excluding hydrogens is 230 g/mol. The quantitative estimate of drug-likeness (QED) is 0.819. The fourth-order valence-corrected chi connectivity index (χ4v) is 3.43. The average Bonchev–Trinajstić information content (AvgIpc) is 2.32. The molecule has 0 saturated carbocycles. The highest BCUT2D eigenvalue weighted by molar-refractivity contribution is 8.13. The number of aliphatic imine (C=N–C) groups is 1. The topological polar surface area (TPSA) is 27.6 Å². The minimum atomic E-state index is 0.532. The lowest BCUT2D eigenvalue weighted by Gasteiger charge is -2.32. The van der Waals surface area contributed by atoms with Crippen molar-refractivity contribution < 1.29 is 0 Å². The molecule has 1 unspecified atom stereocenters. The zero-order valence-electron chi connectivity index (χ0n) is 11.3. The molecule has 1 atom stereocenters. The van der Waals surface area contributed by atoms with Crippen molar-refractivity contribution >= 4 is 16.9 Å². The molecule has 0 bridgehead atoms. The predicted octanol–water partition coefficient (Wildman–Crippen LogP) is 2.19. The van der Waals surface area contributed by atoms with Crippen molar-refractivity contribution in [2.24, 2.45) is 10.9 Å². The maximum Gasteiger partial charge on any atom is 0.157 e. The van der Waals surface area contributed by atoms with Crippen LogP contribution in [0.3, 0.4) is 0 Å². The third-order valence-corrected chi connectivity index (χ3v) is 4.69. The highest BCUT2D eigenvalue weighted by Gasteiger charge is 2.22. The first kappa shape index (κ1) is 13.2. The van der Waals surface area contributed by atoms with Crippen LogP contribution >= 0.6 is 11.8 Å². The molecule has 1 saturated heterocycles. The summed E-state index contributed by atoms with van der Waals surface area (Å²) in [5.74, 6) is 1.89. The summed E-state index contributed by atoms with van der Waals surface area (Å²) >= 11 is 1.90. The molecule has 98 valence electrons. The summed E-state index contributed by atoms with van der Waals surface area (Å²) in [4.78, 5) is 7.26.